The third kappa shape index (κ3) is 6.11. The van der Waals surface area contributed by atoms with Crippen LogP contribution < -0.4 is 19.5 Å². The van der Waals surface area contributed by atoms with Crippen LogP contribution in [0.5, 0.6) is 17.2 Å². The third-order valence-electron chi connectivity index (χ3n) is 4.10. The molecule has 158 valence electrons. The molecule has 0 saturated heterocycles. The first-order chi connectivity index (χ1) is 15.1. The van der Waals surface area contributed by atoms with Crippen molar-refractivity contribution < 1.29 is 23.5 Å². The first kappa shape index (κ1) is 21.5. The van der Waals surface area contributed by atoms with Crippen molar-refractivity contribution in [2.75, 3.05) is 25.6 Å². The van der Waals surface area contributed by atoms with Crippen molar-refractivity contribution in [3.8, 4) is 23.3 Å². The molecule has 0 radical (unpaired) electrons. The Labute approximate surface area is 179 Å². The Morgan fingerprint density at radius 3 is 2.48 bits per heavy atom. The molecule has 1 aromatic heterocycles. The number of nitriles is 1. The molecule has 8 nitrogen and oxygen atoms in total. The molecule has 0 fully saturated rings. The van der Waals surface area contributed by atoms with Gasteiger partial charge in [0.1, 0.15) is 36.4 Å². The average Bonchev–Trinajstić information content (AvgIpc) is 3.20. The van der Waals surface area contributed by atoms with Crippen molar-refractivity contribution in [2.45, 2.75) is 6.92 Å². The second-order valence-electron chi connectivity index (χ2n) is 6.36. The molecule has 1 amide bonds. The summed E-state index contributed by atoms with van der Waals surface area (Å²) in [5.41, 5.74) is 0.625. The van der Waals surface area contributed by atoms with Crippen LogP contribution in [-0.4, -0.2) is 31.4 Å². The van der Waals surface area contributed by atoms with E-state index >= 15 is 0 Å². The van der Waals surface area contributed by atoms with Crippen LogP contribution in [0.2, 0.25) is 0 Å². The van der Waals surface area contributed by atoms with Gasteiger partial charge in [-0.2, -0.15) is 5.26 Å². The molecule has 3 aromatic rings. The van der Waals surface area contributed by atoms with Gasteiger partial charge >= 0.3 is 0 Å². The van der Waals surface area contributed by atoms with Crippen LogP contribution in [0.15, 0.2) is 64.7 Å². The lowest BCUT2D eigenvalue weighted by atomic mass is 10.1. The Bertz CT molecular complexity index is 1100. The number of ether oxygens (including phenoxy) is 3. The van der Waals surface area contributed by atoms with E-state index in [-0.39, 0.29) is 11.4 Å². The molecule has 0 bridgehead atoms. The van der Waals surface area contributed by atoms with Gasteiger partial charge in [-0.1, -0.05) is 29.4 Å². The maximum absolute atomic E-state index is 12.2. The maximum atomic E-state index is 12.2. The van der Waals surface area contributed by atoms with E-state index < -0.39 is 5.91 Å². The molecule has 0 aliphatic carbocycles. The van der Waals surface area contributed by atoms with Crippen molar-refractivity contribution in [1.29, 1.82) is 5.26 Å². The van der Waals surface area contributed by atoms with E-state index in [2.05, 4.69) is 10.5 Å². The summed E-state index contributed by atoms with van der Waals surface area (Å²) >= 11 is 0. The van der Waals surface area contributed by atoms with Crippen LogP contribution in [0, 0.1) is 18.3 Å². The Balaban J connectivity index is 1.52. The second-order valence-corrected chi connectivity index (χ2v) is 6.36. The summed E-state index contributed by atoms with van der Waals surface area (Å²) in [6, 6.07) is 17.9. The minimum Gasteiger partial charge on any atom is -0.493 e. The fourth-order valence-corrected chi connectivity index (χ4v) is 2.63. The number of nitrogens with one attached hydrogen (secondary N) is 1. The van der Waals surface area contributed by atoms with E-state index in [1.807, 2.05) is 30.3 Å². The summed E-state index contributed by atoms with van der Waals surface area (Å²) in [7, 11) is 1.59. The lowest BCUT2D eigenvalue weighted by Gasteiger charge is -2.11. The zero-order valence-corrected chi connectivity index (χ0v) is 17.1. The normalized spacial score (nSPS) is 10.8. The Kier molecular flexibility index (Phi) is 7.27. The van der Waals surface area contributed by atoms with Gasteiger partial charge in [-0.15, -0.1) is 0 Å². The van der Waals surface area contributed by atoms with E-state index in [1.54, 1.807) is 44.4 Å². The van der Waals surface area contributed by atoms with Gasteiger partial charge < -0.3 is 24.1 Å². The Morgan fingerprint density at radius 1 is 1.13 bits per heavy atom. The zero-order valence-electron chi connectivity index (χ0n) is 17.1. The largest absolute Gasteiger partial charge is 0.493 e. The molecule has 0 atom stereocenters. The number of carbonyl (C=O) groups excluding carboxylic acids is 1. The number of aryl methyl sites for hydroxylation is 1. The SMILES string of the molecule is COc1ccccc1OCCOc1ccc(/C=C(/C#N)C(=O)Nc2cc(C)on2)cc1. The summed E-state index contributed by atoms with van der Waals surface area (Å²) in [5.74, 6) is 2.20. The second kappa shape index (κ2) is 10.5. The van der Waals surface area contributed by atoms with E-state index in [9.17, 15) is 10.1 Å². The minimum absolute atomic E-state index is 0.0560. The fraction of sp³-hybridized carbons (Fsp3) is 0.174. The lowest BCUT2D eigenvalue weighted by molar-refractivity contribution is -0.112. The number of amides is 1. The van der Waals surface area contributed by atoms with Crippen molar-refractivity contribution in [3.05, 3.63) is 71.5 Å². The van der Waals surface area contributed by atoms with Crippen LogP contribution in [0.4, 0.5) is 5.82 Å². The molecule has 8 heteroatoms. The summed E-state index contributed by atoms with van der Waals surface area (Å²) in [5, 5.41) is 15.5. The maximum Gasteiger partial charge on any atom is 0.267 e. The van der Waals surface area contributed by atoms with Crippen molar-refractivity contribution in [2.24, 2.45) is 0 Å². The highest BCUT2D eigenvalue weighted by Crippen LogP contribution is 2.25. The summed E-state index contributed by atoms with van der Waals surface area (Å²) in [6.07, 6.45) is 1.48. The van der Waals surface area contributed by atoms with Gasteiger partial charge in [0, 0.05) is 6.07 Å². The summed E-state index contributed by atoms with van der Waals surface area (Å²) in [6.45, 7) is 2.40. The quantitative estimate of drug-likeness (QED) is 0.317. The van der Waals surface area contributed by atoms with Crippen molar-refractivity contribution in [1.82, 2.24) is 5.16 Å². The van der Waals surface area contributed by atoms with E-state index in [0.717, 1.165) is 0 Å². The molecule has 1 heterocycles. The monoisotopic (exact) mass is 419 g/mol. The molecule has 0 saturated carbocycles. The first-order valence-corrected chi connectivity index (χ1v) is 9.44. The standard InChI is InChI=1S/C23H21N3O5/c1-16-13-22(26-31-16)25-23(27)18(15-24)14-17-7-9-19(10-8-17)29-11-12-30-21-6-4-3-5-20(21)28-2/h3-10,13-14H,11-12H2,1-2H3,(H,25,26,27)/b18-14-. The smallest absolute Gasteiger partial charge is 0.267 e. The van der Waals surface area contributed by atoms with Crippen LogP contribution in [0.1, 0.15) is 11.3 Å². The molecule has 3 rings (SSSR count). The van der Waals surface area contributed by atoms with Gasteiger partial charge in [-0.25, -0.2) is 0 Å². The average molecular weight is 419 g/mol. The highest BCUT2D eigenvalue weighted by atomic mass is 16.5. The molecule has 0 aliphatic rings. The Hall–Kier alpha value is -4.25. The molecular weight excluding hydrogens is 398 g/mol. The number of hydrogen-bond acceptors (Lipinski definition) is 7. The van der Waals surface area contributed by atoms with Gasteiger partial charge in [-0.3, -0.25) is 4.79 Å². The van der Waals surface area contributed by atoms with Crippen LogP contribution >= 0.6 is 0 Å². The Morgan fingerprint density at radius 2 is 1.84 bits per heavy atom. The van der Waals surface area contributed by atoms with E-state index in [4.69, 9.17) is 18.7 Å². The molecule has 0 spiro atoms. The highest BCUT2D eigenvalue weighted by molar-refractivity contribution is 6.09. The molecule has 31 heavy (non-hydrogen) atoms. The number of carbonyl (C=O) groups is 1. The topological polar surface area (TPSA) is 107 Å². The van der Waals surface area contributed by atoms with Gasteiger partial charge in [0.05, 0.1) is 7.11 Å². The number of aromatic nitrogens is 1. The van der Waals surface area contributed by atoms with Gasteiger partial charge in [0.15, 0.2) is 17.3 Å². The number of nitrogens with zero attached hydrogens (tertiary/aromatic N) is 2. The van der Waals surface area contributed by atoms with Crippen LogP contribution in [0.25, 0.3) is 6.08 Å². The van der Waals surface area contributed by atoms with Crippen molar-refractivity contribution >= 4 is 17.8 Å². The van der Waals surface area contributed by atoms with E-state index in [0.29, 0.717) is 41.8 Å². The first-order valence-electron chi connectivity index (χ1n) is 9.44. The van der Waals surface area contributed by atoms with Crippen molar-refractivity contribution in [3.63, 3.8) is 0 Å². The van der Waals surface area contributed by atoms with Gasteiger partial charge in [0.2, 0.25) is 0 Å². The number of methoxy groups -OCH3 is 1. The summed E-state index contributed by atoms with van der Waals surface area (Å²) in [4.78, 5) is 12.2. The number of hydrogen-bond donors (Lipinski definition) is 1. The third-order valence-corrected chi connectivity index (χ3v) is 4.10. The molecule has 0 aliphatic heterocycles. The van der Waals surface area contributed by atoms with Gasteiger partial charge in [-0.05, 0) is 42.8 Å². The molecule has 2 aromatic carbocycles. The number of para-hydroxylation sites is 2. The van der Waals surface area contributed by atoms with Crippen LogP contribution in [0.3, 0.4) is 0 Å². The number of rotatable bonds is 9. The fourth-order valence-electron chi connectivity index (χ4n) is 2.63. The van der Waals surface area contributed by atoms with Crippen LogP contribution in [-0.2, 0) is 4.79 Å². The highest BCUT2D eigenvalue weighted by Gasteiger charge is 2.12. The van der Waals surface area contributed by atoms with E-state index in [1.165, 1.54) is 6.08 Å². The zero-order chi connectivity index (χ0) is 22.1. The minimum atomic E-state index is -0.565. The van der Waals surface area contributed by atoms with Gasteiger partial charge in [0.25, 0.3) is 5.91 Å². The molecule has 0 unspecified atom stereocenters. The number of benzene rings is 2. The number of anilines is 1. The molecule has 1 N–H and O–H groups in total. The summed E-state index contributed by atoms with van der Waals surface area (Å²) < 4.78 is 21.5. The predicted octanol–water partition coefficient (Wildman–Crippen LogP) is 4.00. The lowest BCUT2D eigenvalue weighted by Crippen LogP contribution is -2.13. The predicted molar refractivity (Wildman–Crippen MR) is 114 cm³/mol. The molecular formula is C23H21N3O5.